The van der Waals surface area contributed by atoms with Crippen molar-refractivity contribution in [2.24, 2.45) is 4.99 Å². The Morgan fingerprint density at radius 1 is 1.00 bits per heavy atom. The number of rotatable bonds is 9. The van der Waals surface area contributed by atoms with Crippen LogP contribution in [0.3, 0.4) is 0 Å². The normalized spacial score (nSPS) is 13.5. The zero-order valence-electron chi connectivity index (χ0n) is 15.7. The highest BCUT2D eigenvalue weighted by atomic mass is 19.4. The van der Waals surface area contributed by atoms with Crippen LogP contribution < -0.4 is 5.32 Å². The summed E-state index contributed by atoms with van der Waals surface area (Å²) in [6.07, 6.45) is -6.55. The molecule has 0 heterocycles. The summed E-state index contributed by atoms with van der Waals surface area (Å²) in [5, 5.41) is 1.66. The Morgan fingerprint density at radius 3 is 2.03 bits per heavy atom. The van der Waals surface area contributed by atoms with Gasteiger partial charge in [0, 0.05) is 5.69 Å². The van der Waals surface area contributed by atoms with Crippen molar-refractivity contribution in [3.8, 4) is 0 Å². The molecule has 0 aliphatic rings. The second-order valence-electron chi connectivity index (χ2n) is 6.25. The lowest BCUT2D eigenvalue weighted by atomic mass is 9.94. The summed E-state index contributed by atoms with van der Waals surface area (Å²) in [6.45, 7) is -1.76. The van der Waals surface area contributed by atoms with Crippen LogP contribution in [-0.2, 0) is 9.53 Å². The molecule has 0 unspecified atom stereocenters. The zero-order chi connectivity index (χ0) is 26.0. The summed E-state index contributed by atoms with van der Waals surface area (Å²) in [5.74, 6) is -36.3. The van der Waals surface area contributed by atoms with Crippen LogP contribution in [0.4, 0.5) is 68.9 Å². The van der Waals surface area contributed by atoms with E-state index in [9.17, 15) is 62.3 Å². The van der Waals surface area contributed by atoms with Gasteiger partial charge in [-0.3, -0.25) is 5.32 Å². The van der Waals surface area contributed by atoms with Crippen LogP contribution in [0.25, 0.3) is 0 Å². The van der Waals surface area contributed by atoms with E-state index in [1.807, 2.05) is 0 Å². The van der Waals surface area contributed by atoms with E-state index in [1.165, 1.54) is 19.1 Å². The van der Waals surface area contributed by atoms with E-state index in [2.05, 4.69) is 9.73 Å². The van der Waals surface area contributed by atoms with Crippen molar-refractivity contribution in [1.29, 1.82) is 0 Å². The van der Waals surface area contributed by atoms with E-state index in [0.29, 0.717) is 0 Å². The van der Waals surface area contributed by atoms with E-state index in [1.54, 1.807) is 5.32 Å². The molecule has 1 aromatic rings. The molecule has 0 atom stereocenters. The first-order chi connectivity index (χ1) is 14.8. The quantitative estimate of drug-likeness (QED) is 0.256. The molecule has 0 spiro atoms. The van der Waals surface area contributed by atoms with Gasteiger partial charge in [-0.05, 0) is 24.6 Å². The molecule has 17 heteroatoms. The average Bonchev–Trinajstić information content (AvgIpc) is 2.68. The number of benzene rings is 1. The highest BCUT2D eigenvalue weighted by Gasteiger charge is 2.87. The minimum Gasteiger partial charge on any atom is -0.443 e. The molecule has 1 amide bonds. The number of amides is 1. The van der Waals surface area contributed by atoms with Crippen molar-refractivity contribution in [3.63, 3.8) is 0 Å². The highest BCUT2D eigenvalue weighted by Crippen LogP contribution is 2.58. The standard InChI is InChI=1S/C16H10F12N2O3/c1-7-2-3-8(29-6-31)4-9(7)30-11(32)33-5-12(19,20)14(23,24)16(27,28)15(25,26)13(21,22)10(17)18/h2-4,10H,5H2,1H3,(H,30,32). The van der Waals surface area contributed by atoms with Gasteiger partial charge in [0.1, 0.15) is 0 Å². The van der Waals surface area contributed by atoms with Crippen molar-refractivity contribution in [2.75, 3.05) is 11.9 Å². The van der Waals surface area contributed by atoms with Gasteiger partial charge in [-0.1, -0.05) is 6.07 Å². The summed E-state index contributed by atoms with van der Waals surface area (Å²) in [6, 6.07) is 3.35. The van der Waals surface area contributed by atoms with Gasteiger partial charge in [0.25, 0.3) is 0 Å². The summed E-state index contributed by atoms with van der Waals surface area (Å²) in [4.78, 5) is 24.8. The second kappa shape index (κ2) is 9.11. The molecule has 0 aliphatic carbocycles. The molecule has 0 saturated carbocycles. The Balaban J connectivity index is 3.09. The predicted molar refractivity (Wildman–Crippen MR) is 84.7 cm³/mol. The number of carbonyl (C=O) groups excluding carboxylic acids is 2. The molecule has 0 bridgehead atoms. The van der Waals surface area contributed by atoms with Crippen molar-refractivity contribution in [1.82, 2.24) is 0 Å². The lowest BCUT2D eigenvalue weighted by Crippen LogP contribution is -2.69. The van der Waals surface area contributed by atoms with Gasteiger partial charge >= 0.3 is 42.1 Å². The predicted octanol–water partition coefficient (Wildman–Crippen LogP) is 5.95. The molecule has 0 radical (unpaired) electrons. The van der Waals surface area contributed by atoms with Crippen molar-refractivity contribution in [2.45, 2.75) is 43.0 Å². The van der Waals surface area contributed by atoms with Crippen molar-refractivity contribution < 1.29 is 67.0 Å². The van der Waals surface area contributed by atoms with Crippen molar-refractivity contribution >= 4 is 23.5 Å². The molecule has 1 aromatic carbocycles. The molecule has 5 nitrogen and oxygen atoms in total. The molecule has 0 aliphatic heterocycles. The molecule has 1 N–H and O–H groups in total. The maximum absolute atomic E-state index is 13.6. The number of carbonyl (C=O) groups is 1. The largest absolute Gasteiger partial charge is 0.443 e. The Bertz CT molecular complexity index is 929. The fourth-order valence-electron chi connectivity index (χ4n) is 2.03. The third-order valence-electron chi connectivity index (χ3n) is 3.96. The lowest BCUT2D eigenvalue weighted by molar-refractivity contribution is -0.414. The number of alkyl halides is 12. The van der Waals surface area contributed by atoms with Gasteiger partial charge in [0.2, 0.25) is 6.08 Å². The van der Waals surface area contributed by atoms with Crippen LogP contribution in [0.5, 0.6) is 0 Å². The fourth-order valence-corrected chi connectivity index (χ4v) is 2.03. The molecule has 186 valence electrons. The first-order valence-corrected chi connectivity index (χ1v) is 8.05. The summed E-state index contributed by atoms with van der Waals surface area (Å²) in [7, 11) is 0. The maximum atomic E-state index is 13.6. The summed E-state index contributed by atoms with van der Waals surface area (Å²) in [5.41, 5.74) is -0.320. The fraction of sp³-hybridized carbons (Fsp3) is 0.500. The number of anilines is 1. The van der Waals surface area contributed by atoms with E-state index in [-0.39, 0.29) is 16.9 Å². The van der Waals surface area contributed by atoms with Gasteiger partial charge in [-0.25, -0.2) is 18.4 Å². The van der Waals surface area contributed by atoms with Crippen LogP contribution in [0.15, 0.2) is 23.2 Å². The number of hydrogen-bond donors (Lipinski definition) is 1. The molecule has 33 heavy (non-hydrogen) atoms. The SMILES string of the molecule is Cc1ccc(N=C=O)cc1NC(=O)OCC(F)(F)C(F)(F)C(F)(F)C(F)(F)C(F)(F)C(F)F. The van der Waals surface area contributed by atoms with Gasteiger partial charge in [0.05, 0.1) is 5.69 Å². The van der Waals surface area contributed by atoms with Crippen LogP contribution in [0.2, 0.25) is 0 Å². The Morgan fingerprint density at radius 2 is 1.55 bits per heavy atom. The minimum absolute atomic E-state index is 0.147. The van der Waals surface area contributed by atoms with E-state index >= 15 is 0 Å². The maximum Gasteiger partial charge on any atom is 0.411 e. The Hall–Kier alpha value is -2.97. The van der Waals surface area contributed by atoms with Gasteiger partial charge in [0.15, 0.2) is 6.61 Å². The minimum atomic E-state index is -7.72. The number of aliphatic imine (C=N–C) groups is 1. The first-order valence-electron chi connectivity index (χ1n) is 8.05. The number of isocyanates is 1. The molecule has 0 saturated heterocycles. The first kappa shape index (κ1) is 28.1. The average molecular weight is 506 g/mol. The van der Waals surface area contributed by atoms with E-state index in [0.717, 1.165) is 12.1 Å². The highest BCUT2D eigenvalue weighted by molar-refractivity contribution is 5.86. The number of nitrogens with one attached hydrogen (secondary N) is 1. The number of ether oxygens (including phenoxy) is 1. The van der Waals surface area contributed by atoms with E-state index < -0.39 is 48.7 Å². The summed E-state index contributed by atoms with van der Waals surface area (Å²) >= 11 is 0. The Labute approximate surface area is 175 Å². The molecular weight excluding hydrogens is 496 g/mol. The number of hydrogen-bond acceptors (Lipinski definition) is 4. The lowest BCUT2D eigenvalue weighted by Gasteiger charge is -2.38. The summed E-state index contributed by atoms with van der Waals surface area (Å²) < 4.78 is 160. The number of nitrogens with zero attached hydrogens (tertiary/aromatic N) is 1. The van der Waals surface area contributed by atoms with Crippen LogP contribution in [0.1, 0.15) is 5.56 Å². The second-order valence-corrected chi connectivity index (χ2v) is 6.25. The van der Waals surface area contributed by atoms with Gasteiger partial charge < -0.3 is 4.74 Å². The van der Waals surface area contributed by atoms with Gasteiger partial charge in [-0.2, -0.15) is 48.9 Å². The van der Waals surface area contributed by atoms with Crippen LogP contribution in [0, 0.1) is 6.92 Å². The van der Waals surface area contributed by atoms with E-state index in [4.69, 9.17) is 0 Å². The smallest absolute Gasteiger partial charge is 0.411 e. The molecule has 0 aromatic heterocycles. The zero-order valence-corrected chi connectivity index (χ0v) is 15.7. The topological polar surface area (TPSA) is 67.8 Å². The molecule has 1 rings (SSSR count). The molecule has 0 fully saturated rings. The van der Waals surface area contributed by atoms with Crippen molar-refractivity contribution in [3.05, 3.63) is 23.8 Å². The third-order valence-corrected chi connectivity index (χ3v) is 3.96. The monoisotopic (exact) mass is 506 g/mol. The van der Waals surface area contributed by atoms with Gasteiger partial charge in [-0.15, -0.1) is 0 Å². The number of halogens is 12. The van der Waals surface area contributed by atoms with Crippen LogP contribution in [-0.4, -0.2) is 54.8 Å². The third kappa shape index (κ3) is 5.02. The molecular formula is C16H10F12N2O3. The Kier molecular flexibility index (Phi) is 7.75. The number of aryl methyl sites for hydroxylation is 1. The van der Waals surface area contributed by atoms with Crippen LogP contribution >= 0.6 is 0 Å².